The van der Waals surface area contributed by atoms with Crippen molar-refractivity contribution in [1.29, 1.82) is 5.26 Å². The minimum Gasteiger partial charge on any atom is -0.366 e. The van der Waals surface area contributed by atoms with Gasteiger partial charge in [0.1, 0.15) is 0 Å². The molecule has 153 valence electrons. The van der Waals surface area contributed by atoms with Gasteiger partial charge in [0.15, 0.2) is 0 Å². The molecule has 5 aromatic rings. The molecule has 0 aliphatic heterocycles. The zero-order chi connectivity index (χ0) is 22.2. The summed E-state index contributed by atoms with van der Waals surface area (Å²) < 4.78 is 2.14. The average molecular weight is 435 g/mol. The number of rotatable bonds is 4. The molecule has 0 fully saturated rings. The molecule has 0 atom stereocenters. The van der Waals surface area contributed by atoms with E-state index in [-0.39, 0.29) is 0 Å². The van der Waals surface area contributed by atoms with Gasteiger partial charge in [-0.3, -0.25) is 4.79 Å². The van der Waals surface area contributed by atoms with Crippen molar-refractivity contribution in [3.05, 3.63) is 107 Å². The lowest BCUT2D eigenvalue weighted by Crippen LogP contribution is -2.11. The normalized spacial score (nSPS) is 11.0. The average Bonchev–Trinajstić information content (AvgIpc) is 3.12. The zero-order valence-electron chi connectivity index (χ0n) is 17.0. The lowest BCUT2D eigenvalue weighted by atomic mass is 10.0. The molecule has 0 unspecified atom stereocenters. The molecule has 1 aromatic heterocycles. The molecule has 1 heterocycles. The van der Waals surface area contributed by atoms with Crippen LogP contribution in [0.15, 0.2) is 78.9 Å². The second kappa shape index (κ2) is 7.88. The molecule has 1 amide bonds. The first kappa shape index (κ1) is 19.9. The van der Waals surface area contributed by atoms with Gasteiger partial charge >= 0.3 is 0 Å². The van der Waals surface area contributed by atoms with Crippen molar-refractivity contribution in [2.24, 2.45) is 5.73 Å². The fourth-order valence-electron chi connectivity index (χ4n) is 4.16. The maximum atomic E-state index is 12.2. The highest BCUT2D eigenvalue weighted by atomic mass is 35.5. The minimum absolute atomic E-state index is 0.465. The van der Waals surface area contributed by atoms with Crippen LogP contribution in [0.5, 0.6) is 0 Å². The molecule has 5 rings (SSSR count). The summed E-state index contributed by atoms with van der Waals surface area (Å²) in [5.74, 6) is -0.476. The van der Waals surface area contributed by atoms with Crippen LogP contribution in [0.3, 0.4) is 0 Å². The number of hydrogen-bond donors (Lipinski definition) is 1. The Morgan fingerprint density at radius 1 is 1.00 bits per heavy atom. The van der Waals surface area contributed by atoms with Gasteiger partial charge in [0.2, 0.25) is 5.91 Å². The Balaban J connectivity index is 1.79. The number of hydrogen-bond acceptors (Lipinski definition) is 2. The maximum Gasteiger partial charge on any atom is 0.249 e. The number of carbonyl (C=O) groups is 1. The summed E-state index contributed by atoms with van der Waals surface area (Å²) in [5, 5.41) is 11.6. The van der Waals surface area contributed by atoms with Crippen LogP contribution in [-0.4, -0.2) is 10.5 Å². The predicted molar refractivity (Wildman–Crippen MR) is 128 cm³/mol. The molecule has 0 aliphatic carbocycles. The van der Waals surface area contributed by atoms with E-state index in [9.17, 15) is 10.1 Å². The molecular weight excluding hydrogens is 418 g/mol. The molecule has 0 aliphatic rings. The number of carbonyl (C=O) groups excluding carboxylic acids is 1. The summed E-state index contributed by atoms with van der Waals surface area (Å²) >= 11 is 6.06. The largest absolute Gasteiger partial charge is 0.366 e. The first-order chi connectivity index (χ1) is 15.5. The third-order valence-corrected chi connectivity index (χ3v) is 5.89. The Bertz CT molecular complexity index is 1540. The number of nitrogens with two attached hydrogens (primary N) is 1. The van der Waals surface area contributed by atoms with E-state index in [4.69, 9.17) is 17.3 Å². The number of nitriles is 1. The van der Waals surface area contributed by atoms with E-state index >= 15 is 0 Å². The summed E-state index contributed by atoms with van der Waals surface area (Å²) in [4.78, 5) is 12.2. The monoisotopic (exact) mass is 434 g/mol. The van der Waals surface area contributed by atoms with Crippen molar-refractivity contribution in [2.45, 2.75) is 6.54 Å². The smallest absolute Gasteiger partial charge is 0.249 e. The Morgan fingerprint density at radius 2 is 1.78 bits per heavy atom. The van der Waals surface area contributed by atoms with Crippen molar-refractivity contribution < 1.29 is 4.79 Å². The highest BCUT2D eigenvalue weighted by Crippen LogP contribution is 2.35. The van der Waals surface area contributed by atoms with Crippen molar-refractivity contribution in [3.8, 4) is 17.2 Å². The molecule has 32 heavy (non-hydrogen) atoms. The van der Waals surface area contributed by atoms with Gasteiger partial charge in [-0.2, -0.15) is 5.26 Å². The van der Waals surface area contributed by atoms with Gasteiger partial charge in [0, 0.05) is 27.9 Å². The first-order valence-corrected chi connectivity index (χ1v) is 10.4. The Kier molecular flexibility index (Phi) is 4.89. The lowest BCUT2D eigenvalue weighted by Gasteiger charge is -2.10. The van der Waals surface area contributed by atoms with Crippen molar-refractivity contribution >= 4 is 39.3 Å². The maximum absolute atomic E-state index is 12.2. The Hall–Kier alpha value is -4.07. The second-order valence-corrected chi connectivity index (χ2v) is 8.05. The molecule has 2 N–H and O–H groups in total. The van der Waals surface area contributed by atoms with Crippen LogP contribution >= 0.6 is 11.6 Å². The van der Waals surface area contributed by atoms with Crippen LogP contribution in [0.4, 0.5) is 0 Å². The van der Waals surface area contributed by atoms with Gasteiger partial charge < -0.3 is 10.3 Å². The van der Waals surface area contributed by atoms with Gasteiger partial charge in [0.05, 0.1) is 22.7 Å². The van der Waals surface area contributed by atoms with E-state index in [1.54, 1.807) is 12.1 Å². The van der Waals surface area contributed by atoms with Crippen LogP contribution in [-0.2, 0) is 6.54 Å². The van der Waals surface area contributed by atoms with E-state index in [1.807, 2.05) is 60.7 Å². The highest BCUT2D eigenvalue weighted by Gasteiger charge is 2.17. The first-order valence-electron chi connectivity index (χ1n) is 10.1. The van der Waals surface area contributed by atoms with Crippen LogP contribution in [0, 0.1) is 17.4 Å². The molecule has 4 aromatic carbocycles. The number of primary amides is 1. The van der Waals surface area contributed by atoms with Gasteiger partial charge in [-0.25, -0.2) is 0 Å². The molecule has 5 heteroatoms. The summed E-state index contributed by atoms with van der Waals surface area (Å²) in [6.45, 7) is 0.537. The number of nitrogens with zero attached hydrogens (tertiary/aromatic N) is 2. The Morgan fingerprint density at radius 3 is 2.53 bits per heavy atom. The third kappa shape index (κ3) is 3.39. The molecular formula is C27H17ClN3O. The van der Waals surface area contributed by atoms with Crippen LogP contribution in [0.1, 0.15) is 21.5 Å². The number of aromatic nitrogens is 1. The number of benzene rings is 4. The fourth-order valence-corrected chi connectivity index (χ4v) is 4.29. The molecule has 0 bridgehead atoms. The standard InChI is InChI=1S/C27H17ClN3O/c28-21-10-7-19(8-11-21)20-9-12-22-25(14-20)31(16-18-4-1-3-17(13-18)15-29)24-6-2-5-23(26(22)24)27(30)32/h1-11,13-14H,16H2,(H2,30,32). The van der Waals surface area contributed by atoms with E-state index in [1.165, 1.54) is 0 Å². The zero-order valence-corrected chi connectivity index (χ0v) is 17.7. The van der Waals surface area contributed by atoms with E-state index in [0.29, 0.717) is 22.7 Å². The molecule has 0 saturated heterocycles. The fraction of sp³-hybridized carbons (Fsp3) is 0.0370. The van der Waals surface area contributed by atoms with Gasteiger partial charge in [-0.15, -0.1) is 0 Å². The van der Waals surface area contributed by atoms with Gasteiger partial charge in [-0.05, 0) is 71.3 Å². The summed E-state index contributed by atoms with van der Waals surface area (Å²) in [6, 6.07) is 30.3. The van der Waals surface area contributed by atoms with Crippen molar-refractivity contribution in [2.75, 3.05) is 0 Å². The van der Waals surface area contributed by atoms with E-state index in [2.05, 4.69) is 22.8 Å². The third-order valence-electron chi connectivity index (χ3n) is 5.63. The van der Waals surface area contributed by atoms with Crippen molar-refractivity contribution in [3.63, 3.8) is 0 Å². The van der Waals surface area contributed by atoms with Gasteiger partial charge in [-0.1, -0.05) is 41.9 Å². The molecule has 0 saturated carbocycles. The number of halogens is 1. The van der Waals surface area contributed by atoms with Crippen molar-refractivity contribution in [1.82, 2.24) is 4.57 Å². The number of fused-ring (bicyclic) bond motifs is 3. The topological polar surface area (TPSA) is 71.8 Å². The van der Waals surface area contributed by atoms with Gasteiger partial charge in [0.25, 0.3) is 0 Å². The summed E-state index contributed by atoms with van der Waals surface area (Å²) in [7, 11) is 0. The second-order valence-electron chi connectivity index (χ2n) is 7.62. The SMILES string of the molecule is N#Cc1cccc(Cn2c3cc(-c4ccc(Cl)cc4)c[c]c3c3c(C(N)=O)cccc32)c1. The predicted octanol–water partition coefficient (Wildman–Crippen LogP) is 5.93. The highest BCUT2D eigenvalue weighted by molar-refractivity contribution is 6.30. The van der Waals surface area contributed by atoms with E-state index in [0.717, 1.165) is 38.5 Å². The molecule has 1 radical (unpaired) electrons. The van der Waals surface area contributed by atoms with Crippen LogP contribution in [0.2, 0.25) is 5.02 Å². The molecule has 4 nitrogen and oxygen atoms in total. The Labute approximate surface area is 190 Å². The van der Waals surface area contributed by atoms with E-state index < -0.39 is 5.91 Å². The van der Waals surface area contributed by atoms with Crippen LogP contribution < -0.4 is 5.73 Å². The minimum atomic E-state index is -0.476. The quantitative estimate of drug-likeness (QED) is 0.380. The molecule has 0 spiro atoms. The van der Waals surface area contributed by atoms with Crippen LogP contribution in [0.25, 0.3) is 32.9 Å². The number of amides is 1. The summed E-state index contributed by atoms with van der Waals surface area (Å²) in [6.07, 6.45) is 0. The summed E-state index contributed by atoms with van der Waals surface area (Å²) in [5.41, 5.74) is 11.6. The lowest BCUT2D eigenvalue weighted by molar-refractivity contribution is 0.100.